The van der Waals surface area contributed by atoms with E-state index < -0.39 is 0 Å². The molecule has 0 saturated heterocycles. The lowest BCUT2D eigenvalue weighted by atomic mass is 9.97. The number of aromatic amines is 1. The van der Waals surface area contributed by atoms with Gasteiger partial charge >= 0.3 is 0 Å². The van der Waals surface area contributed by atoms with Gasteiger partial charge in [-0.15, -0.1) is 11.3 Å². The summed E-state index contributed by atoms with van der Waals surface area (Å²) in [5.74, 6) is 1.02. The van der Waals surface area contributed by atoms with Crippen molar-refractivity contribution in [1.82, 2.24) is 19.7 Å². The normalized spacial score (nSPS) is 14.6. The molecule has 1 N–H and O–H groups in total. The maximum atomic E-state index is 12.6. The molecule has 0 bridgehead atoms. The predicted octanol–water partition coefficient (Wildman–Crippen LogP) is 4.85. The van der Waals surface area contributed by atoms with Crippen molar-refractivity contribution in [2.75, 3.05) is 0 Å². The van der Waals surface area contributed by atoms with Gasteiger partial charge in [0.1, 0.15) is 15.8 Å². The third-order valence-electron chi connectivity index (χ3n) is 4.90. The minimum Gasteiger partial charge on any atom is -0.306 e. The first kappa shape index (κ1) is 18.4. The molecule has 0 spiro atoms. The first-order valence-electron chi connectivity index (χ1n) is 9.39. The lowest BCUT2D eigenvalue weighted by Crippen LogP contribution is -2.11. The first-order valence-corrected chi connectivity index (χ1v) is 10.6. The second-order valence-corrected chi connectivity index (χ2v) is 8.98. The van der Waals surface area contributed by atoms with Gasteiger partial charge < -0.3 is 4.98 Å². The summed E-state index contributed by atoms with van der Waals surface area (Å²) in [6.45, 7) is 6.98. The summed E-state index contributed by atoms with van der Waals surface area (Å²) in [5.41, 5.74) is 2.90. The number of thiophene rings is 1. The van der Waals surface area contributed by atoms with Gasteiger partial charge in [-0.05, 0) is 56.2 Å². The highest BCUT2D eigenvalue weighted by Gasteiger charge is 2.19. The molecule has 0 amide bonds. The van der Waals surface area contributed by atoms with E-state index in [4.69, 9.17) is 11.6 Å². The largest absolute Gasteiger partial charge is 0.306 e. The molecular formula is C20H23ClN4OS. The van der Waals surface area contributed by atoms with Crippen LogP contribution in [0.15, 0.2) is 4.79 Å². The molecule has 4 rings (SSSR count). The average molecular weight is 403 g/mol. The average Bonchev–Trinajstić information content (AvgIpc) is 3.10. The molecular weight excluding hydrogens is 380 g/mol. The number of H-pyrrole nitrogens is 1. The Labute approximate surface area is 167 Å². The van der Waals surface area contributed by atoms with Crippen LogP contribution in [-0.4, -0.2) is 19.7 Å². The maximum Gasteiger partial charge on any atom is 0.260 e. The molecule has 0 aliphatic heterocycles. The van der Waals surface area contributed by atoms with E-state index in [9.17, 15) is 4.79 Å². The zero-order valence-electron chi connectivity index (χ0n) is 15.8. The van der Waals surface area contributed by atoms with Crippen molar-refractivity contribution in [2.24, 2.45) is 5.92 Å². The molecule has 27 heavy (non-hydrogen) atoms. The number of fused-ring (bicyclic) bond motifs is 3. The van der Waals surface area contributed by atoms with E-state index in [2.05, 4.69) is 28.9 Å². The van der Waals surface area contributed by atoms with E-state index in [1.165, 1.54) is 16.9 Å². The molecule has 7 heteroatoms. The second-order valence-electron chi connectivity index (χ2n) is 7.54. The van der Waals surface area contributed by atoms with Gasteiger partial charge in [0.2, 0.25) is 0 Å². The molecule has 0 aromatic carbocycles. The third kappa shape index (κ3) is 3.48. The molecule has 0 radical (unpaired) electrons. The fraction of sp³-hybridized carbons (Fsp3) is 0.450. The Kier molecular flexibility index (Phi) is 4.95. The van der Waals surface area contributed by atoms with E-state index in [0.717, 1.165) is 47.3 Å². The van der Waals surface area contributed by atoms with Crippen molar-refractivity contribution in [3.05, 3.63) is 43.0 Å². The Morgan fingerprint density at radius 1 is 1.30 bits per heavy atom. The molecule has 1 aliphatic rings. The Morgan fingerprint density at radius 3 is 2.85 bits per heavy atom. The summed E-state index contributed by atoms with van der Waals surface area (Å²) >= 11 is 8.15. The summed E-state index contributed by atoms with van der Waals surface area (Å²) < 4.78 is 1.83. The number of nitrogens with one attached hydrogen (secondary N) is 1. The molecule has 1 aliphatic carbocycles. The molecule has 142 valence electrons. The highest BCUT2D eigenvalue weighted by atomic mass is 35.5. The van der Waals surface area contributed by atoms with E-state index >= 15 is 0 Å². The van der Waals surface area contributed by atoms with Gasteiger partial charge in [0.25, 0.3) is 5.56 Å². The zero-order chi connectivity index (χ0) is 19.1. The highest BCUT2D eigenvalue weighted by Crippen LogP contribution is 2.33. The van der Waals surface area contributed by atoms with E-state index in [1.807, 2.05) is 23.8 Å². The fourth-order valence-electron chi connectivity index (χ4n) is 3.65. The van der Waals surface area contributed by atoms with Crippen LogP contribution in [0.4, 0.5) is 0 Å². The number of hydrogen-bond donors (Lipinski definition) is 1. The predicted molar refractivity (Wildman–Crippen MR) is 113 cm³/mol. The van der Waals surface area contributed by atoms with Crippen LogP contribution in [0.25, 0.3) is 22.4 Å². The Hall–Kier alpha value is -1.92. The van der Waals surface area contributed by atoms with Crippen LogP contribution in [0.2, 0.25) is 5.15 Å². The Bertz CT molecular complexity index is 1090. The van der Waals surface area contributed by atoms with Crippen molar-refractivity contribution >= 4 is 45.3 Å². The van der Waals surface area contributed by atoms with Crippen molar-refractivity contribution < 1.29 is 0 Å². The minimum atomic E-state index is -0.0441. The van der Waals surface area contributed by atoms with Gasteiger partial charge in [-0.2, -0.15) is 5.10 Å². The summed E-state index contributed by atoms with van der Waals surface area (Å²) in [4.78, 5) is 22.4. The number of hydrogen-bond acceptors (Lipinski definition) is 4. The summed E-state index contributed by atoms with van der Waals surface area (Å²) in [6, 6.07) is 0. The molecule has 3 aromatic rings. The first-order chi connectivity index (χ1) is 12.9. The van der Waals surface area contributed by atoms with Crippen molar-refractivity contribution in [3.8, 4) is 0 Å². The van der Waals surface area contributed by atoms with Crippen molar-refractivity contribution in [2.45, 2.75) is 53.0 Å². The van der Waals surface area contributed by atoms with Crippen LogP contribution >= 0.6 is 22.9 Å². The smallest absolute Gasteiger partial charge is 0.260 e. The zero-order valence-corrected chi connectivity index (χ0v) is 17.4. The quantitative estimate of drug-likeness (QED) is 0.678. The Morgan fingerprint density at radius 2 is 2.07 bits per heavy atom. The lowest BCUT2D eigenvalue weighted by molar-refractivity contribution is 0.482. The molecule has 0 unspecified atom stereocenters. The lowest BCUT2D eigenvalue weighted by Gasteiger charge is -2.09. The minimum absolute atomic E-state index is 0.0441. The van der Waals surface area contributed by atoms with E-state index in [0.29, 0.717) is 16.9 Å². The second kappa shape index (κ2) is 7.24. The highest BCUT2D eigenvalue weighted by molar-refractivity contribution is 7.18. The molecule has 3 heterocycles. The number of halogens is 1. The van der Waals surface area contributed by atoms with E-state index in [-0.39, 0.29) is 5.56 Å². The number of nitrogens with zero attached hydrogens (tertiary/aromatic N) is 3. The summed E-state index contributed by atoms with van der Waals surface area (Å²) in [6.07, 6.45) is 8.10. The van der Waals surface area contributed by atoms with Crippen molar-refractivity contribution in [1.29, 1.82) is 0 Å². The third-order valence-corrected chi connectivity index (χ3v) is 6.48. The van der Waals surface area contributed by atoms with Crippen LogP contribution in [0.5, 0.6) is 0 Å². The number of aryl methyl sites for hydroxylation is 3. The van der Waals surface area contributed by atoms with Gasteiger partial charge in [0.05, 0.1) is 11.1 Å². The van der Waals surface area contributed by atoms with Gasteiger partial charge in [-0.1, -0.05) is 25.4 Å². The van der Waals surface area contributed by atoms with Crippen LogP contribution in [-0.2, 0) is 19.4 Å². The topological polar surface area (TPSA) is 63.6 Å². The molecule has 0 fully saturated rings. The van der Waals surface area contributed by atoms with Crippen LogP contribution < -0.4 is 5.56 Å². The Balaban J connectivity index is 1.70. The molecule has 3 aromatic heterocycles. The standard InChI is InChI=1S/C20H23ClN4OS/c1-11(2)10-25-18(21)13(12(3)24-25)8-9-16-22-19(26)17-14-6-4-5-7-15(14)27-20(17)23-16/h8-9,11H,4-7,10H2,1-3H3,(H,22,23,26)/b9-8+. The molecule has 0 saturated carbocycles. The van der Waals surface area contributed by atoms with Crippen molar-refractivity contribution in [3.63, 3.8) is 0 Å². The number of rotatable bonds is 4. The van der Waals surface area contributed by atoms with Crippen LogP contribution in [0.3, 0.4) is 0 Å². The monoisotopic (exact) mass is 402 g/mol. The van der Waals surface area contributed by atoms with Gasteiger partial charge in [0, 0.05) is 17.0 Å². The van der Waals surface area contributed by atoms with Crippen LogP contribution in [0.1, 0.15) is 54.2 Å². The van der Waals surface area contributed by atoms with Crippen LogP contribution in [0, 0.1) is 12.8 Å². The van der Waals surface area contributed by atoms with Gasteiger partial charge in [-0.25, -0.2) is 4.98 Å². The summed E-state index contributed by atoms with van der Waals surface area (Å²) in [7, 11) is 0. The molecule has 0 atom stereocenters. The summed E-state index contributed by atoms with van der Waals surface area (Å²) in [5, 5.41) is 5.92. The van der Waals surface area contributed by atoms with Gasteiger partial charge in [0.15, 0.2) is 0 Å². The SMILES string of the molecule is Cc1nn(CC(C)C)c(Cl)c1/C=C/c1nc2sc3c(c2c(=O)[nH]1)CCCC3. The maximum absolute atomic E-state index is 12.6. The fourth-order valence-corrected chi connectivity index (χ4v) is 5.22. The van der Waals surface area contributed by atoms with Gasteiger partial charge in [-0.3, -0.25) is 9.48 Å². The number of aromatic nitrogens is 4. The van der Waals surface area contributed by atoms with E-state index in [1.54, 1.807) is 11.3 Å². The molecule has 5 nitrogen and oxygen atoms in total.